The quantitative estimate of drug-likeness (QED) is 0.669. The number of fused-ring (bicyclic) bond motifs is 1. The second kappa shape index (κ2) is 9.83. The van der Waals surface area contributed by atoms with Crippen molar-refractivity contribution in [2.45, 2.75) is 50.1 Å². The van der Waals surface area contributed by atoms with Crippen LogP contribution in [0.25, 0.3) is 0 Å². The van der Waals surface area contributed by atoms with E-state index in [4.69, 9.17) is 0 Å². The number of para-hydroxylation sites is 1. The number of rotatable bonds is 7. The third-order valence-corrected chi connectivity index (χ3v) is 7.32. The predicted molar refractivity (Wildman–Crippen MR) is 126 cm³/mol. The number of piperidine rings is 1. The third-order valence-electron chi connectivity index (χ3n) is 5.95. The molecule has 2 aliphatic rings. The van der Waals surface area contributed by atoms with Gasteiger partial charge >= 0.3 is 0 Å². The third kappa shape index (κ3) is 5.75. The predicted octanol–water partition coefficient (Wildman–Crippen LogP) is 3.40. The van der Waals surface area contributed by atoms with E-state index in [0.29, 0.717) is 24.4 Å². The Morgan fingerprint density at radius 1 is 1.12 bits per heavy atom. The van der Waals surface area contributed by atoms with Crippen LogP contribution in [0.4, 0.5) is 5.69 Å². The number of nitrogens with zero attached hydrogens (tertiary/aromatic N) is 2. The van der Waals surface area contributed by atoms with Crippen molar-refractivity contribution in [1.82, 2.24) is 10.2 Å². The smallest absolute Gasteiger partial charge is 0.286 e. The van der Waals surface area contributed by atoms with Gasteiger partial charge in [-0.25, -0.2) is 0 Å². The van der Waals surface area contributed by atoms with Crippen LogP contribution in [0.5, 0.6) is 0 Å². The van der Waals surface area contributed by atoms with E-state index < -0.39 is 10.0 Å². The van der Waals surface area contributed by atoms with Gasteiger partial charge in [0.25, 0.3) is 10.0 Å². The molecular weight excluding hydrogens is 424 g/mol. The lowest BCUT2D eigenvalue weighted by Gasteiger charge is -2.32. The van der Waals surface area contributed by atoms with Gasteiger partial charge in [-0.2, -0.15) is 8.42 Å². The summed E-state index contributed by atoms with van der Waals surface area (Å²) in [7, 11) is -3.70. The van der Waals surface area contributed by atoms with E-state index in [1.807, 2.05) is 13.0 Å². The monoisotopic (exact) mass is 454 g/mol. The summed E-state index contributed by atoms with van der Waals surface area (Å²) in [5, 5.41) is 6.26. The summed E-state index contributed by atoms with van der Waals surface area (Å²) < 4.78 is 28.7. The standard InChI is InChI=1S/C24H30N4O3S/c1-18(15-23-26-21-9-5-6-10-22(21)32(30,31)27-23)16-24(29)25-20-11-13-28(14-12-20)17-19-7-3-2-4-8-19/h2-10,18,20H,11-17H2,1H3,(H,25,29)(H,26,27). The molecule has 32 heavy (non-hydrogen) atoms. The molecular formula is C24H30N4O3S. The maximum atomic E-state index is 12.6. The van der Waals surface area contributed by atoms with Gasteiger partial charge in [-0.15, -0.1) is 4.40 Å². The maximum Gasteiger partial charge on any atom is 0.286 e. The summed E-state index contributed by atoms with van der Waals surface area (Å²) in [6, 6.07) is 17.4. The molecule has 2 N–H and O–H groups in total. The van der Waals surface area contributed by atoms with Crippen LogP contribution in [-0.4, -0.2) is 44.2 Å². The lowest BCUT2D eigenvalue weighted by molar-refractivity contribution is -0.122. The molecule has 7 nitrogen and oxygen atoms in total. The maximum absolute atomic E-state index is 12.6. The van der Waals surface area contributed by atoms with Crippen LogP contribution in [0.3, 0.4) is 0 Å². The number of sulfonamides is 1. The zero-order valence-corrected chi connectivity index (χ0v) is 19.1. The zero-order valence-electron chi connectivity index (χ0n) is 18.3. The van der Waals surface area contributed by atoms with Crippen molar-refractivity contribution in [2.75, 3.05) is 18.4 Å². The number of hydrogen-bond acceptors (Lipinski definition) is 5. The van der Waals surface area contributed by atoms with Crippen molar-refractivity contribution in [2.24, 2.45) is 10.3 Å². The summed E-state index contributed by atoms with van der Waals surface area (Å²) in [6.07, 6.45) is 2.62. The number of amides is 1. The molecule has 2 aromatic rings. The van der Waals surface area contributed by atoms with Crippen LogP contribution in [0.1, 0.15) is 38.2 Å². The highest BCUT2D eigenvalue weighted by Gasteiger charge is 2.26. The van der Waals surface area contributed by atoms with Gasteiger partial charge in [-0.3, -0.25) is 9.69 Å². The molecule has 0 aromatic heterocycles. The van der Waals surface area contributed by atoms with Gasteiger partial charge in [0.05, 0.1) is 5.69 Å². The molecule has 8 heteroatoms. The Labute approximate surface area is 190 Å². The highest BCUT2D eigenvalue weighted by molar-refractivity contribution is 7.90. The molecule has 0 spiro atoms. The second-order valence-corrected chi connectivity index (χ2v) is 10.3. The molecule has 0 aliphatic carbocycles. The minimum absolute atomic E-state index is 0.0127. The van der Waals surface area contributed by atoms with Crippen LogP contribution < -0.4 is 10.6 Å². The number of nitrogens with one attached hydrogen (secondary N) is 2. The SMILES string of the molecule is CC(CC(=O)NC1CCN(Cc2ccccc2)CC1)CC1=NS(=O)(=O)c2ccccc2N1. The molecule has 2 heterocycles. The van der Waals surface area contributed by atoms with Crippen molar-refractivity contribution in [1.29, 1.82) is 0 Å². The average molecular weight is 455 g/mol. The van der Waals surface area contributed by atoms with E-state index in [9.17, 15) is 13.2 Å². The summed E-state index contributed by atoms with van der Waals surface area (Å²) in [5.74, 6) is 0.372. The number of likely N-dealkylation sites (tertiary alicyclic amines) is 1. The number of benzene rings is 2. The van der Waals surface area contributed by atoms with E-state index in [-0.39, 0.29) is 22.8 Å². The van der Waals surface area contributed by atoms with Crippen LogP contribution in [0.15, 0.2) is 63.9 Å². The van der Waals surface area contributed by atoms with Crippen LogP contribution >= 0.6 is 0 Å². The fourth-order valence-corrected chi connectivity index (χ4v) is 5.49. The van der Waals surface area contributed by atoms with E-state index in [2.05, 4.69) is 44.2 Å². The van der Waals surface area contributed by atoms with Gasteiger partial charge in [0, 0.05) is 38.5 Å². The first-order valence-corrected chi connectivity index (χ1v) is 12.6. The highest BCUT2D eigenvalue weighted by atomic mass is 32.2. The Hall–Kier alpha value is -2.71. The van der Waals surface area contributed by atoms with Crippen molar-refractivity contribution in [3.05, 3.63) is 60.2 Å². The van der Waals surface area contributed by atoms with Gasteiger partial charge in [0.2, 0.25) is 5.91 Å². The van der Waals surface area contributed by atoms with Crippen molar-refractivity contribution >= 4 is 27.5 Å². The summed E-state index contributed by atoms with van der Waals surface area (Å²) in [6.45, 7) is 4.82. The van der Waals surface area contributed by atoms with E-state index in [1.54, 1.807) is 24.3 Å². The minimum atomic E-state index is -3.70. The van der Waals surface area contributed by atoms with Crippen LogP contribution in [-0.2, 0) is 21.4 Å². The molecule has 2 aliphatic heterocycles. The molecule has 1 fully saturated rings. The normalized spacial score (nSPS) is 19.3. The first-order chi connectivity index (χ1) is 15.4. The number of carbonyl (C=O) groups excluding carboxylic acids is 1. The molecule has 0 saturated carbocycles. The van der Waals surface area contributed by atoms with Crippen LogP contribution in [0.2, 0.25) is 0 Å². The molecule has 1 atom stereocenters. The lowest BCUT2D eigenvalue weighted by Crippen LogP contribution is -2.44. The zero-order chi connectivity index (χ0) is 22.6. The molecule has 1 amide bonds. The Bertz CT molecular complexity index is 1080. The average Bonchev–Trinajstić information content (AvgIpc) is 2.75. The van der Waals surface area contributed by atoms with Gasteiger partial charge in [0.1, 0.15) is 10.7 Å². The molecule has 0 radical (unpaired) electrons. The van der Waals surface area contributed by atoms with Gasteiger partial charge in [-0.05, 0) is 36.5 Å². The van der Waals surface area contributed by atoms with Gasteiger partial charge < -0.3 is 10.6 Å². The molecule has 2 aromatic carbocycles. The molecule has 4 rings (SSSR count). The first kappa shape index (κ1) is 22.5. The molecule has 1 saturated heterocycles. The van der Waals surface area contributed by atoms with E-state index in [1.165, 1.54) is 5.56 Å². The molecule has 0 bridgehead atoms. The molecule has 1 unspecified atom stereocenters. The van der Waals surface area contributed by atoms with Crippen molar-refractivity contribution in [3.63, 3.8) is 0 Å². The Morgan fingerprint density at radius 2 is 1.81 bits per heavy atom. The number of anilines is 1. The van der Waals surface area contributed by atoms with Crippen LogP contribution in [0, 0.1) is 5.92 Å². The Morgan fingerprint density at radius 3 is 2.56 bits per heavy atom. The fourth-order valence-electron chi connectivity index (χ4n) is 4.34. The summed E-state index contributed by atoms with van der Waals surface area (Å²) in [4.78, 5) is 15.2. The van der Waals surface area contributed by atoms with Crippen molar-refractivity contribution in [3.8, 4) is 0 Å². The highest BCUT2D eigenvalue weighted by Crippen LogP contribution is 2.28. The van der Waals surface area contributed by atoms with Crippen molar-refractivity contribution < 1.29 is 13.2 Å². The number of hydrogen-bond donors (Lipinski definition) is 2. The lowest BCUT2D eigenvalue weighted by atomic mass is 10.0. The first-order valence-electron chi connectivity index (χ1n) is 11.1. The van der Waals surface area contributed by atoms with Gasteiger partial charge in [-0.1, -0.05) is 49.4 Å². The molecule has 170 valence electrons. The van der Waals surface area contributed by atoms with E-state index in [0.717, 1.165) is 32.5 Å². The Balaban J connectivity index is 1.22. The summed E-state index contributed by atoms with van der Waals surface area (Å²) in [5.41, 5.74) is 1.85. The van der Waals surface area contributed by atoms with E-state index >= 15 is 0 Å². The fraction of sp³-hybridized carbons (Fsp3) is 0.417. The number of carbonyl (C=O) groups is 1. The topological polar surface area (TPSA) is 90.9 Å². The second-order valence-electron chi connectivity index (χ2n) is 8.75. The minimum Gasteiger partial charge on any atom is -0.353 e. The largest absolute Gasteiger partial charge is 0.353 e. The summed E-state index contributed by atoms with van der Waals surface area (Å²) >= 11 is 0. The Kier molecular flexibility index (Phi) is 6.91. The van der Waals surface area contributed by atoms with Gasteiger partial charge in [0.15, 0.2) is 0 Å². The number of amidine groups is 1.